The summed E-state index contributed by atoms with van der Waals surface area (Å²) in [7, 11) is 0. The van der Waals surface area contributed by atoms with Crippen molar-refractivity contribution in [1.82, 2.24) is 0 Å². The number of nitrogens with two attached hydrogens (primary N) is 2. The van der Waals surface area contributed by atoms with Crippen molar-refractivity contribution < 1.29 is 4.79 Å². The Morgan fingerprint density at radius 2 is 2.15 bits per heavy atom. The van der Waals surface area contributed by atoms with Crippen molar-refractivity contribution in [2.45, 2.75) is 6.92 Å². The van der Waals surface area contributed by atoms with Gasteiger partial charge in [-0.15, -0.1) is 0 Å². The molecule has 1 amide bonds. The summed E-state index contributed by atoms with van der Waals surface area (Å²) in [5, 5.41) is 2.51. The average Bonchev–Trinajstić information content (AvgIpc) is 2.04. The van der Waals surface area contributed by atoms with Crippen molar-refractivity contribution in [2.75, 3.05) is 16.5 Å². The van der Waals surface area contributed by atoms with Crippen LogP contribution >= 0.6 is 0 Å². The third-order valence-corrected chi connectivity index (χ3v) is 1.74. The van der Waals surface area contributed by atoms with Crippen LogP contribution in [0.25, 0.3) is 0 Å². The maximum absolute atomic E-state index is 10.2. The van der Waals surface area contributed by atoms with Crippen LogP contribution < -0.4 is 22.3 Å². The number of hydrogen-bond acceptors (Lipinski definition) is 4. The van der Waals surface area contributed by atoms with Crippen LogP contribution in [-0.2, 0) is 4.79 Å². The van der Waals surface area contributed by atoms with Gasteiger partial charge in [-0.05, 0) is 24.6 Å². The summed E-state index contributed by atoms with van der Waals surface area (Å²) in [5.74, 6) is 5.26. The minimum Gasteiger partial charge on any atom is -0.397 e. The molecule has 70 valence electrons. The Morgan fingerprint density at radius 1 is 1.46 bits per heavy atom. The van der Waals surface area contributed by atoms with Crippen molar-refractivity contribution in [3.05, 3.63) is 17.7 Å². The summed E-state index contributed by atoms with van der Waals surface area (Å²) in [6.07, 6.45) is 0.601. The van der Waals surface area contributed by atoms with Gasteiger partial charge in [0.1, 0.15) is 0 Å². The summed E-state index contributed by atoms with van der Waals surface area (Å²) in [6, 6.07) is 3.41. The predicted molar refractivity (Wildman–Crippen MR) is 53.1 cm³/mol. The van der Waals surface area contributed by atoms with Gasteiger partial charge in [-0.25, -0.2) is 0 Å². The molecule has 0 fully saturated rings. The highest BCUT2D eigenvalue weighted by Gasteiger charge is 2.03. The predicted octanol–water partition coefficient (Wildman–Crippen LogP) is 0.431. The van der Waals surface area contributed by atoms with Crippen molar-refractivity contribution in [3.8, 4) is 0 Å². The van der Waals surface area contributed by atoms with Crippen LogP contribution in [0.3, 0.4) is 0 Å². The first-order chi connectivity index (χ1) is 6.19. The quantitative estimate of drug-likeness (QED) is 0.235. The van der Waals surface area contributed by atoms with Gasteiger partial charge < -0.3 is 16.5 Å². The van der Waals surface area contributed by atoms with E-state index in [0.29, 0.717) is 23.5 Å². The lowest BCUT2D eigenvalue weighted by atomic mass is 10.1. The molecule has 0 aromatic heterocycles. The lowest BCUT2D eigenvalue weighted by Crippen LogP contribution is -2.11. The van der Waals surface area contributed by atoms with Crippen LogP contribution in [0, 0.1) is 6.92 Å². The highest BCUT2D eigenvalue weighted by atomic mass is 16.1. The Kier molecular flexibility index (Phi) is 2.71. The molecule has 0 aliphatic heterocycles. The van der Waals surface area contributed by atoms with Gasteiger partial charge in [0.25, 0.3) is 0 Å². The number of nitrogens with one attached hydrogen (secondary N) is 2. The standard InChI is InChI=1S/C8H12N4O/c1-5-2-6(11-4-13)3-7(9)8(5)12-10/h2-4,12H,9-10H2,1H3,(H,11,13). The topological polar surface area (TPSA) is 93.2 Å². The fourth-order valence-corrected chi connectivity index (χ4v) is 1.16. The van der Waals surface area contributed by atoms with E-state index >= 15 is 0 Å². The Bertz CT molecular complexity index is 301. The molecule has 0 heterocycles. The van der Waals surface area contributed by atoms with E-state index in [-0.39, 0.29) is 0 Å². The van der Waals surface area contributed by atoms with Crippen molar-refractivity contribution >= 4 is 23.5 Å². The molecule has 0 atom stereocenters. The minimum atomic E-state index is 0.506. The second-order valence-electron chi connectivity index (χ2n) is 2.66. The molecule has 0 radical (unpaired) electrons. The van der Waals surface area contributed by atoms with E-state index < -0.39 is 0 Å². The van der Waals surface area contributed by atoms with Crippen LogP contribution in [0.1, 0.15) is 5.56 Å². The number of hydrogen-bond donors (Lipinski definition) is 4. The zero-order valence-corrected chi connectivity index (χ0v) is 7.29. The van der Waals surface area contributed by atoms with E-state index in [0.717, 1.165) is 5.56 Å². The van der Waals surface area contributed by atoms with Crippen LogP contribution in [0.2, 0.25) is 0 Å². The van der Waals surface area contributed by atoms with Crippen molar-refractivity contribution in [1.29, 1.82) is 0 Å². The Morgan fingerprint density at radius 3 is 2.62 bits per heavy atom. The average molecular weight is 180 g/mol. The highest BCUT2D eigenvalue weighted by Crippen LogP contribution is 2.26. The third-order valence-electron chi connectivity index (χ3n) is 1.74. The molecule has 1 aromatic rings. The largest absolute Gasteiger partial charge is 0.397 e. The van der Waals surface area contributed by atoms with Crippen LogP contribution in [-0.4, -0.2) is 6.41 Å². The molecule has 13 heavy (non-hydrogen) atoms. The van der Waals surface area contributed by atoms with Gasteiger partial charge >= 0.3 is 0 Å². The van der Waals surface area contributed by atoms with E-state index in [1.54, 1.807) is 12.1 Å². The first kappa shape index (κ1) is 9.34. The van der Waals surface area contributed by atoms with Crippen molar-refractivity contribution in [3.63, 3.8) is 0 Å². The third kappa shape index (κ3) is 1.88. The Labute approximate surface area is 76.1 Å². The molecular weight excluding hydrogens is 168 g/mol. The molecule has 6 N–H and O–H groups in total. The first-order valence-electron chi connectivity index (χ1n) is 3.76. The molecule has 0 bridgehead atoms. The van der Waals surface area contributed by atoms with Crippen LogP contribution in [0.15, 0.2) is 12.1 Å². The lowest BCUT2D eigenvalue weighted by molar-refractivity contribution is -0.105. The molecule has 1 aromatic carbocycles. The van der Waals surface area contributed by atoms with Gasteiger partial charge in [0.15, 0.2) is 0 Å². The zero-order valence-electron chi connectivity index (χ0n) is 7.29. The van der Waals surface area contributed by atoms with E-state index in [1.807, 2.05) is 6.92 Å². The number of amides is 1. The second kappa shape index (κ2) is 3.77. The lowest BCUT2D eigenvalue weighted by Gasteiger charge is -2.10. The van der Waals surface area contributed by atoms with E-state index in [9.17, 15) is 4.79 Å². The van der Waals surface area contributed by atoms with Gasteiger partial charge in [-0.1, -0.05) is 0 Å². The van der Waals surface area contributed by atoms with E-state index in [4.69, 9.17) is 11.6 Å². The molecule has 0 saturated carbocycles. The first-order valence-corrected chi connectivity index (χ1v) is 3.76. The van der Waals surface area contributed by atoms with Crippen LogP contribution in [0.4, 0.5) is 17.1 Å². The Hall–Kier alpha value is -1.75. The number of rotatable bonds is 3. The van der Waals surface area contributed by atoms with Gasteiger partial charge in [0.05, 0.1) is 11.4 Å². The van der Waals surface area contributed by atoms with Gasteiger partial charge in [0, 0.05) is 5.69 Å². The molecule has 5 heteroatoms. The summed E-state index contributed by atoms with van der Waals surface area (Å²) >= 11 is 0. The Balaban J connectivity index is 3.12. The SMILES string of the molecule is Cc1cc(NC=O)cc(N)c1NN. The molecule has 0 unspecified atom stereocenters. The molecule has 1 rings (SSSR count). The van der Waals surface area contributed by atoms with Crippen LogP contribution in [0.5, 0.6) is 0 Å². The molecule has 0 saturated heterocycles. The molecule has 5 nitrogen and oxygen atoms in total. The molecule has 0 aliphatic carbocycles. The van der Waals surface area contributed by atoms with Gasteiger partial charge in [-0.2, -0.15) is 0 Å². The fraction of sp³-hybridized carbons (Fsp3) is 0.125. The fourth-order valence-electron chi connectivity index (χ4n) is 1.16. The molecular formula is C8H12N4O. The number of carbonyl (C=O) groups is 1. The summed E-state index contributed by atoms with van der Waals surface area (Å²) in [4.78, 5) is 10.2. The maximum Gasteiger partial charge on any atom is 0.211 e. The normalized spacial score (nSPS) is 9.38. The highest BCUT2D eigenvalue weighted by molar-refractivity contribution is 5.80. The van der Waals surface area contributed by atoms with Gasteiger partial charge in [0.2, 0.25) is 6.41 Å². The molecule has 0 aliphatic rings. The zero-order chi connectivity index (χ0) is 9.84. The smallest absolute Gasteiger partial charge is 0.211 e. The number of benzene rings is 1. The summed E-state index contributed by atoms with van der Waals surface area (Å²) in [6.45, 7) is 1.85. The number of aryl methyl sites for hydroxylation is 1. The second-order valence-corrected chi connectivity index (χ2v) is 2.66. The summed E-state index contributed by atoms with van der Waals surface area (Å²) in [5.41, 5.74) is 10.9. The minimum absolute atomic E-state index is 0.506. The van der Waals surface area contributed by atoms with Gasteiger partial charge in [-0.3, -0.25) is 10.6 Å². The van der Waals surface area contributed by atoms with Crippen molar-refractivity contribution in [2.24, 2.45) is 5.84 Å². The number of carbonyl (C=O) groups excluding carboxylic acids is 1. The summed E-state index contributed by atoms with van der Waals surface area (Å²) < 4.78 is 0. The maximum atomic E-state index is 10.2. The monoisotopic (exact) mass is 180 g/mol. The number of nitrogen functional groups attached to an aromatic ring is 2. The van der Waals surface area contributed by atoms with E-state index in [1.165, 1.54) is 0 Å². The number of hydrazine groups is 1. The van der Waals surface area contributed by atoms with E-state index in [2.05, 4.69) is 10.7 Å². The number of anilines is 3. The molecule has 0 spiro atoms.